The fourth-order valence-corrected chi connectivity index (χ4v) is 1.53. The summed E-state index contributed by atoms with van der Waals surface area (Å²) in [6.07, 6.45) is 4.63. The number of amides is 1. The van der Waals surface area contributed by atoms with E-state index >= 15 is 0 Å². The summed E-state index contributed by atoms with van der Waals surface area (Å²) in [5, 5.41) is 2.76. The molecule has 2 rings (SSSR count). The molecule has 0 bridgehead atoms. The first kappa shape index (κ1) is 12.1. The van der Waals surface area contributed by atoms with Crippen molar-refractivity contribution in [2.24, 2.45) is 5.84 Å². The predicted molar refractivity (Wildman–Crippen MR) is 66.7 cm³/mol. The van der Waals surface area contributed by atoms with Crippen LogP contribution in [0.25, 0.3) is 0 Å². The van der Waals surface area contributed by atoms with Crippen LogP contribution >= 0.6 is 0 Å². The van der Waals surface area contributed by atoms with E-state index in [-0.39, 0.29) is 5.91 Å². The zero-order valence-corrected chi connectivity index (χ0v) is 9.93. The molecule has 0 saturated carbocycles. The van der Waals surface area contributed by atoms with Crippen molar-refractivity contribution in [1.29, 1.82) is 0 Å². The average molecular weight is 246 g/mol. The molecular weight excluding hydrogens is 232 g/mol. The Kier molecular flexibility index (Phi) is 3.59. The maximum atomic E-state index is 12.0. The molecule has 1 amide bonds. The summed E-state index contributed by atoms with van der Waals surface area (Å²) in [6, 6.07) is 3.50. The van der Waals surface area contributed by atoms with E-state index in [2.05, 4.69) is 15.7 Å². The number of hydrogen-bond donors (Lipinski definition) is 3. The van der Waals surface area contributed by atoms with E-state index in [1.807, 2.05) is 6.92 Å². The summed E-state index contributed by atoms with van der Waals surface area (Å²) < 4.78 is 4.92. The number of nitrogens with zero attached hydrogens (tertiary/aromatic N) is 1. The number of carbonyl (C=O) groups is 1. The number of aromatic nitrogens is 1. The minimum atomic E-state index is -0.239. The third-order valence-corrected chi connectivity index (χ3v) is 2.47. The van der Waals surface area contributed by atoms with Crippen molar-refractivity contribution in [3.63, 3.8) is 0 Å². The van der Waals surface area contributed by atoms with Crippen LogP contribution in [0.1, 0.15) is 21.6 Å². The summed E-state index contributed by atoms with van der Waals surface area (Å²) in [7, 11) is 0. The Morgan fingerprint density at radius 1 is 1.56 bits per heavy atom. The first-order chi connectivity index (χ1) is 8.70. The van der Waals surface area contributed by atoms with Gasteiger partial charge in [-0.15, -0.1) is 0 Å². The van der Waals surface area contributed by atoms with E-state index in [1.165, 1.54) is 6.20 Å². The summed E-state index contributed by atoms with van der Waals surface area (Å²) in [6.45, 7) is 2.22. The molecule has 0 aliphatic carbocycles. The zero-order chi connectivity index (χ0) is 13.0. The van der Waals surface area contributed by atoms with Gasteiger partial charge < -0.3 is 15.2 Å². The van der Waals surface area contributed by atoms with Crippen molar-refractivity contribution >= 4 is 11.6 Å². The summed E-state index contributed by atoms with van der Waals surface area (Å²) >= 11 is 0. The molecule has 2 aromatic heterocycles. The molecule has 94 valence electrons. The Bertz CT molecular complexity index is 537. The quantitative estimate of drug-likeness (QED) is 0.556. The summed E-state index contributed by atoms with van der Waals surface area (Å²) in [4.78, 5) is 16.0. The average Bonchev–Trinajstić information content (AvgIpc) is 2.88. The van der Waals surface area contributed by atoms with Gasteiger partial charge in [0.05, 0.1) is 23.8 Å². The van der Waals surface area contributed by atoms with Crippen LogP contribution in [-0.4, -0.2) is 10.9 Å². The van der Waals surface area contributed by atoms with E-state index in [0.29, 0.717) is 17.8 Å². The minimum Gasteiger partial charge on any atom is -0.472 e. The summed E-state index contributed by atoms with van der Waals surface area (Å²) in [5.74, 6) is 5.14. The third-order valence-electron chi connectivity index (χ3n) is 2.47. The van der Waals surface area contributed by atoms with Crippen molar-refractivity contribution in [2.45, 2.75) is 13.5 Å². The van der Waals surface area contributed by atoms with Gasteiger partial charge in [0.15, 0.2) is 0 Å². The standard InChI is InChI=1S/C12H14N4O2/c1-8-4-11(16-13)10(6-14-8)12(17)15-5-9-2-3-18-7-9/h2-4,6-7H,5,13H2,1H3,(H,14,16)(H,15,17). The number of aryl methyl sites for hydroxylation is 1. The third kappa shape index (κ3) is 2.67. The predicted octanol–water partition coefficient (Wildman–Crippen LogP) is 1.20. The van der Waals surface area contributed by atoms with Crippen LogP contribution in [0.3, 0.4) is 0 Å². The second kappa shape index (κ2) is 5.33. The maximum absolute atomic E-state index is 12.0. The number of hydrogen-bond acceptors (Lipinski definition) is 5. The van der Waals surface area contributed by atoms with Crippen molar-refractivity contribution in [1.82, 2.24) is 10.3 Å². The number of carbonyl (C=O) groups excluding carboxylic acids is 1. The Hall–Kier alpha value is -2.34. The van der Waals surface area contributed by atoms with Crippen LogP contribution in [0.5, 0.6) is 0 Å². The van der Waals surface area contributed by atoms with Crippen LogP contribution in [0.2, 0.25) is 0 Å². The molecule has 0 aliphatic heterocycles. The SMILES string of the molecule is Cc1cc(NN)c(C(=O)NCc2ccoc2)cn1. The second-order valence-corrected chi connectivity index (χ2v) is 3.83. The van der Waals surface area contributed by atoms with Crippen molar-refractivity contribution in [3.05, 3.63) is 47.7 Å². The molecule has 6 heteroatoms. The minimum absolute atomic E-state index is 0.239. The van der Waals surface area contributed by atoms with Crippen molar-refractivity contribution in [3.8, 4) is 0 Å². The van der Waals surface area contributed by atoms with Crippen LogP contribution < -0.4 is 16.6 Å². The highest BCUT2D eigenvalue weighted by Gasteiger charge is 2.11. The Labute approximate surface area is 104 Å². The van der Waals surface area contributed by atoms with Crippen molar-refractivity contribution in [2.75, 3.05) is 5.43 Å². The van der Waals surface area contributed by atoms with Gasteiger partial charge in [-0.05, 0) is 19.1 Å². The van der Waals surface area contributed by atoms with Gasteiger partial charge in [-0.1, -0.05) is 0 Å². The lowest BCUT2D eigenvalue weighted by molar-refractivity contribution is 0.0951. The molecule has 0 saturated heterocycles. The van der Waals surface area contributed by atoms with Gasteiger partial charge in [0.1, 0.15) is 0 Å². The first-order valence-electron chi connectivity index (χ1n) is 5.43. The van der Waals surface area contributed by atoms with Crippen LogP contribution in [0, 0.1) is 6.92 Å². The van der Waals surface area contributed by atoms with Gasteiger partial charge >= 0.3 is 0 Å². The molecule has 0 atom stereocenters. The highest BCUT2D eigenvalue weighted by atomic mass is 16.3. The number of nitrogens with one attached hydrogen (secondary N) is 2. The molecule has 4 N–H and O–H groups in total. The van der Waals surface area contributed by atoms with Gasteiger partial charge in [-0.3, -0.25) is 15.6 Å². The number of nitrogen functional groups attached to an aromatic ring is 1. The van der Waals surface area contributed by atoms with Crippen LogP contribution in [-0.2, 0) is 6.54 Å². The monoisotopic (exact) mass is 246 g/mol. The topological polar surface area (TPSA) is 93.2 Å². The van der Waals surface area contributed by atoms with E-state index in [4.69, 9.17) is 10.3 Å². The molecule has 0 fully saturated rings. The normalized spacial score (nSPS) is 10.1. The fraction of sp³-hybridized carbons (Fsp3) is 0.167. The van der Waals surface area contributed by atoms with E-state index in [0.717, 1.165) is 11.3 Å². The van der Waals surface area contributed by atoms with Gasteiger partial charge in [-0.25, -0.2) is 0 Å². The molecule has 6 nitrogen and oxygen atoms in total. The first-order valence-corrected chi connectivity index (χ1v) is 5.43. The Morgan fingerprint density at radius 3 is 3.06 bits per heavy atom. The maximum Gasteiger partial charge on any atom is 0.255 e. The highest BCUT2D eigenvalue weighted by molar-refractivity contribution is 5.99. The number of anilines is 1. The van der Waals surface area contributed by atoms with Gasteiger partial charge in [0.25, 0.3) is 5.91 Å². The Balaban J connectivity index is 2.09. The number of furan rings is 1. The molecule has 0 aliphatic rings. The zero-order valence-electron chi connectivity index (χ0n) is 9.93. The van der Waals surface area contributed by atoms with E-state index in [9.17, 15) is 4.79 Å². The number of hydrazine groups is 1. The molecular formula is C12H14N4O2. The number of nitrogens with two attached hydrogens (primary N) is 1. The molecule has 0 unspecified atom stereocenters. The van der Waals surface area contributed by atoms with Crippen LogP contribution in [0.15, 0.2) is 35.3 Å². The molecule has 0 spiro atoms. The molecule has 18 heavy (non-hydrogen) atoms. The Morgan fingerprint density at radius 2 is 2.39 bits per heavy atom. The van der Waals surface area contributed by atoms with Crippen molar-refractivity contribution < 1.29 is 9.21 Å². The lowest BCUT2D eigenvalue weighted by atomic mass is 10.2. The number of pyridine rings is 1. The molecule has 2 aromatic rings. The smallest absolute Gasteiger partial charge is 0.255 e. The van der Waals surface area contributed by atoms with Gasteiger partial charge in [0.2, 0.25) is 0 Å². The van der Waals surface area contributed by atoms with Crippen LogP contribution in [0.4, 0.5) is 5.69 Å². The molecule has 0 radical (unpaired) electrons. The molecule has 0 aromatic carbocycles. The fourth-order valence-electron chi connectivity index (χ4n) is 1.53. The number of rotatable bonds is 4. The second-order valence-electron chi connectivity index (χ2n) is 3.83. The highest BCUT2D eigenvalue weighted by Crippen LogP contribution is 2.14. The summed E-state index contributed by atoms with van der Waals surface area (Å²) in [5.41, 5.74) is 5.13. The lowest BCUT2D eigenvalue weighted by Crippen LogP contribution is -2.25. The van der Waals surface area contributed by atoms with E-state index in [1.54, 1.807) is 24.7 Å². The van der Waals surface area contributed by atoms with Gasteiger partial charge in [-0.2, -0.15) is 0 Å². The van der Waals surface area contributed by atoms with Gasteiger partial charge in [0, 0.05) is 24.0 Å². The molecule has 2 heterocycles. The largest absolute Gasteiger partial charge is 0.472 e. The van der Waals surface area contributed by atoms with E-state index < -0.39 is 0 Å². The lowest BCUT2D eigenvalue weighted by Gasteiger charge is -2.09.